The Bertz CT molecular complexity index is 1290. The number of halogens is 3. The number of hydrogen-bond acceptors (Lipinski definition) is 7. The number of carbonyl (C=O) groups is 2. The number of nitrogens with zero attached hydrogens (tertiary/aromatic N) is 4. The van der Waals surface area contributed by atoms with Gasteiger partial charge in [-0.2, -0.15) is 13.2 Å². The zero-order valence-corrected chi connectivity index (χ0v) is 21.5. The minimum atomic E-state index is -4.64. The molecule has 0 saturated carbocycles. The molecule has 1 aliphatic heterocycles. The molecule has 1 atom stereocenters. The van der Waals surface area contributed by atoms with Crippen LogP contribution in [0.2, 0.25) is 0 Å². The van der Waals surface area contributed by atoms with Crippen molar-refractivity contribution in [2.75, 3.05) is 13.1 Å². The Morgan fingerprint density at radius 3 is 2.42 bits per heavy atom. The number of rotatable bonds is 7. The highest BCUT2D eigenvalue weighted by Crippen LogP contribution is 2.31. The third kappa shape index (κ3) is 6.97. The van der Waals surface area contributed by atoms with Crippen molar-refractivity contribution in [1.82, 2.24) is 25.2 Å². The van der Waals surface area contributed by atoms with Crippen LogP contribution in [0, 0.1) is 6.92 Å². The number of aromatic nitrogens is 3. The number of nitrogens with one attached hydrogen (secondary N) is 1. The van der Waals surface area contributed by atoms with Crippen LogP contribution in [0.5, 0.6) is 5.75 Å². The molecule has 0 unspecified atom stereocenters. The van der Waals surface area contributed by atoms with Gasteiger partial charge in [-0.3, -0.25) is 4.79 Å². The Kier molecular flexibility index (Phi) is 8.14. The van der Waals surface area contributed by atoms with Gasteiger partial charge in [0.05, 0.1) is 12.5 Å². The number of amides is 2. The molecule has 0 bridgehead atoms. The molecule has 3 heterocycles. The highest BCUT2D eigenvalue weighted by atomic mass is 32.1. The SMILES string of the molecule is Cc1cnc(-c2cc(CC(=O)N[C@H](C)c3cnc(C(F)(F)F)nc3)cc(OC3CCN(C(=O)O)CC3)c2)s1. The highest BCUT2D eigenvalue weighted by molar-refractivity contribution is 7.14. The number of likely N-dealkylation sites (tertiary alicyclic amines) is 1. The van der Waals surface area contributed by atoms with E-state index < -0.39 is 24.1 Å². The molecule has 13 heteroatoms. The average Bonchev–Trinajstić information content (AvgIpc) is 3.30. The number of carbonyl (C=O) groups excluding carboxylic acids is 1. The van der Waals surface area contributed by atoms with Gasteiger partial charge in [0, 0.05) is 60.5 Å². The summed E-state index contributed by atoms with van der Waals surface area (Å²) in [6.07, 6.45) is -0.797. The fourth-order valence-electron chi connectivity index (χ4n) is 4.07. The van der Waals surface area contributed by atoms with Crippen LogP contribution in [0.15, 0.2) is 36.8 Å². The first-order chi connectivity index (χ1) is 18.0. The van der Waals surface area contributed by atoms with Crippen molar-refractivity contribution in [3.63, 3.8) is 0 Å². The van der Waals surface area contributed by atoms with Gasteiger partial charge in [0.2, 0.25) is 11.7 Å². The second-order valence-electron chi connectivity index (χ2n) is 9.03. The monoisotopic (exact) mass is 549 g/mol. The smallest absolute Gasteiger partial charge is 0.451 e. The van der Waals surface area contributed by atoms with Crippen molar-refractivity contribution in [3.05, 3.63) is 58.6 Å². The summed E-state index contributed by atoms with van der Waals surface area (Å²) >= 11 is 1.50. The molecule has 2 aromatic heterocycles. The molecule has 38 heavy (non-hydrogen) atoms. The molecular formula is C25H26F3N5O4S. The largest absolute Gasteiger partial charge is 0.490 e. The molecule has 0 radical (unpaired) electrons. The second-order valence-corrected chi connectivity index (χ2v) is 10.3. The van der Waals surface area contributed by atoms with E-state index in [1.165, 1.54) is 16.2 Å². The average molecular weight is 550 g/mol. The summed E-state index contributed by atoms with van der Waals surface area (Å²) in [5.74, 6) is -1.03. The van der Waals surface area contributed by atoms with E-state index in [1.54, 1.807) is 19.2 Å². The Balaban J connectivity index is 1.47. The molecule has 4 rings (SSSR count). The van der Waals surface area contributed by atoms with Gasteiger partial charge < -0.3 is 20.1 Å². The Morgan fingerprint density at radius 2 is 1.84 bits per heavy atom. The molecule has 0 aliphatic carbocycles. The number of aryl methyl sites for hydroxylation is 1. The van der Waals surface area contributed by atoms with Crippen LogP contribution in [-0.2, 0) is 17.4 Å². The Labute approximate surface area is 220 Å². The van der Waals surface area contributed by atoms with Crippen LogP contribution in [-0.4, -0.2) is 56.2 Å². The van der Waals surface area contributed by atoms with Crippen molar-refractivity contribution < 1.29 is 32.6 Å². The van der Waals surface area contributed by atoms with E-state index in [0.29, 0.717) is 42.8 Å². The first-order valence-electron chi connectivity index (χ1n) is 11.9. The molecule has 1 fully saturated rings. The van der Waals surface area contributed by atoms with Gasteiger partial charge in [-0.25, -0.2) is 19.7 Å². The van der Waals surface area contributed by atoms with Gasteiger partial charge in [-0.1, -0.05) is 0 Å². The zero-order chi connectivity index (χ0) is 27.4. The summed E-state index contributed by atoms with van der Waals surface area (Å²) in [6, 6.07) is 4.86. The van der Waals surface area contributed by atoms with E-state index in [9.17, 15) is 22.8 Å². The van der Waals surface area contributed by atoms with Crippen LogP contribution in [0.4, 0.5) is 18.0 Å². The van der Waals surface area contributed by atoms with E-state index in [4.69, 9.17) is 9.84 Å². The van der Waals surface area contributed by atoms with Gasteiger partial charge in [-0.05, 0) is 37.6 Å². The molecule has 1 aromatic carbocycles. The number of hydrogen-bond donors (Lipinski definition) is 2. The number of thiazole rings is 1. The molecule has 1 aliphatic rings. The van der Waals surface area contributed by atoms with Gasteiger partial charge in [0.1, 0.15) is 16.9 Å². The predicted octanol–water partition coefficient (Wildman–Crippen LogP) is 4.87. The topological polar surface area (TPSA) is 118 Å². The summed E-state index contributed by atoms with van der Waals surface area (Å²) < 4.78 is 44.4. The number of piperidine rings is 1. The Morgan fingerprint density at radius 1 is 1.16 bits per heavy atom. The van der Waals surface area contributed by atoms with E-state index >= 15 is 0 Å². The van der Waals surface area contributed by atoms with Crippen molar-refractivity contribution >= 4 is 23.3 Å². The van der Waals surface area contributed by atoms with Gasteiger partial charge in [0.25, 0.3) is 0 Å². The molecule has 202 valence electrons. The van der Waals surface area contributed by atoms with Crippen LogP contribution in [0.25, 0.3) is 10.6 Å². The number of ether oxygens (including phenoxy) is 1. The van der Waals surface area contributed by atoms with E-state index in [2.05, 4.69) is 20.3 Å². The fourth-order valence-corrected chi connectivity index (χ4v) is 4.82. The molecule has 2 amide bonds. The van der Waals surface area contributed by atoms with Crippen LogP contribution < -0.4 is 10.1 Å². The minimum Gasteiger partial charge on any atom is -0.490 e. The van der Waals surface area contributed by atoms with Crippen LogP contribution in [0.1, 0.15) is 47.6 Å². The van der Waals surface area contributed by atoms with Crippen molar-refractivity contribution in [2.45, 2.75) is 51.4 Å². The summed E-state index contributed by atoms with van der Waals surface area (Å²) in [5, 5.41) is 12.7. The lowest BCUT2D eigenvalue weighted by Gasteiger charge is -2.30. The first kappa shape index (κ1) is 27.3. The maximum Gasteiger partial charge on any atom is 0.451 e. The van der Waals surface area contributed by atoms with Crippen molar-refractivity contribution in [3.8, 4) is 16.3 Å². The second kappa shape index (κ2) is 11.3. The molecule has 9 nitrogen and oxygen atoms in total. The summed E-state index contributed by atoms with van der Waals surface area (Å²) in [4.78, 5) is 37.5. The lowest BCUT2D eigenvalue weighted by atomic mass is 10.1. The lowest BCUT2D eigenvalue weighted by Crippen LogP contribution is -2.41. The van der Waals surface area contributed by atoms with Gasteiger partial charge in [-0.15, -0.1) is 11.3 Å². The molecular weight excluding hydrogens is 523 g/mol. The molecule has 2 N–H and O–H groups in total. The molecule has 3 aromatic rings. The maximum atomic E-state index is 12.8. The number of benzene rings is 1. The predicted molar refractivity (Wildman–Crippen MR) is 133 cm³/mol. The van der Waals surface area contributed by atoms with Crippen LogP contribution in [0.3, 0.4) is 0 Å². The van der Waals surface area contributed by atoms with E-state index in [0.717, 1.165) is 27.8 Å². The number of carboxylic acid groups (broad SMARTS) is 1. The third-order valence-electron chi connectivity index (χ3n) is 6.02. The molecule has 0 spiro atoms. The lowest BCUT2D eigenvalue weighted by molar-refractivity contribution is -0.145. The zero-order valence-electron chi connectivity index (χ0n) is 20.7. The van der Waals surface area contributed by atoms with E-state index in [1.807, 2.05) is 19.1 Å². The quantitative estimate of drug-likeness (QED) is 0.432. The highest BCUT2D eigenvalue weighted by Gasteiger charge is 2.34. The minimum absolute atomic E-state index is 0.00214. The van der Waals surface area contributed by atoms with Crippen molar-refractivity contribution in [1.29, 1.82) is 0 Å². The van der Waals surface area contributed by atoms with E-state index in [-0.39, 0.29) is 18.4 Å². The first-order valence-corrected chi connectivity index (χ1v) is 12.7. The Hall–Kier alpha value is -3.74. The van der Waals surface area contributed by atoms with Crippen LogP contribution >= 0.6 is 11.3 Å². The summed E-state index contributed by atoms with van der Waals surface area (Å²) in [5.41, 5.74) is 1.80. The maximum absolute atomic E-state index is 12.8. The van der Waals surface area contributed by atoms with Gasteiger partial charge >= 0.3 is 12.3 Å². The normalized spacial score (nSPS) is 15.2. The van der Waals surface area contributed by atoms with Gasteiger partial charge in [0.15, 0.2) is 0 Å². The number of alkyl halides is 3. The third-order valence-corrected chi connectivity index (χ3v) is 6.98. The summed E-state index contributed by atoms with van der Waals surface area (Å²) in [6.45, 7) is 4.34. The fraction of sp³-hybridized carbons (Fsp3) is 0.400. The molecule has 1 saturated heterocycles. The van der Waals surface area contributed by atoms with Crippen molar-refractivity contribution in [2.24, 2.45) is 0 Å². The standard InChI is InChI=1S/C25H26F3N5O4S/c1-14-11-29-22(38-14)17-7-16(8-20(10-17)37-19-3-5-33(6-4-19)24(35)36)9-21(34)32-15(2)18-12-30-23(31-13-18)25(26,27)28/h7-8,10-13,15,19H,3-6,9H2,1-2H3,(H,32,34)(H,35,36)/t15-/m1/s1. The summed E-state index contributed by atoms with van der Waals surface area (Å²) in [7, 11) is 0.